The van der Waals surface area contributed by atoms with Gasteiger partial charge in [-0.3, -0.25) is 14.7 Å². The SMILES string of the molecule is CC(C)C[C@@]1(C)N=C(c2ccccc2)N(C)C1=O. The molecule has 0 radical (unpaired) electrons. The number of aliphatic imine (C=N–C) groups is 1. The van der Waals surface area contributed by atoms with E-state index in [2.05, 4.69) is 18.8 Å². The van der Waals surface area contributed by atoms with Crippen LogP contribution in [0.2, 0.25) is 0 Å². The first-order valence-corrected chi connectivity index (χ1v) is 6.37. The molecule has 0 N–H and O–H groups in total. The highest BCUT2D eigenvalue weighted by molar-refractivity contribution is 6.14. The molecule has 3 heteroatoms. The van der Waals surface area contributed by atoms with Gasteiger partial charge in [0.15, 0.2) is 0 Å². The molecule has 0 aromatic heterocycles. The van der Waals surface area contributed by atoms with E-state index in [4.69, 9.17) is 0 Å². The molecule has 1 aliphatic rings. The van der Waals surface area contributed by atoms with Gasteiger partial charge in [-0.25, -0.2) is 0 Å². The normalized spacial score (nSPS) is 23.7. The van der Waals surface area contributed by atoms with Crippen LogP contribution in [-0.4, -0.2) is 29.2 Å². The Bertz CT molecular complexity index is 479. The Morgan fingerprint density at radius 2 is 1.89 bits per heavy atom. The maximum Gasteiger partial charge on any atom is 0.255 e. The summed E-state index contributed by atoms with van der Waals surface area (Å²) in [5.74, 6) is 1.32. The van der Waals surface area contributed by atoms with Crippen molar-refractivity contribution < 1.29 is 4.79 Å². The van der Waals surface area contributed by atoms with Crippen molar-refractivity contribution in [3.63, 3.8) is 0 Å². The summed E-state index contributed by atoms with van der Waals surface area (Å²) in [7, 11) is 1.81. The molecule has 3 nitrogen and oxygen atoms in total. The van der Waals surface area contributed by atoms with E-state index in [0.717, 1.165) is 17.8 Å². The lowest BCUT2D eigenvalue weighted by molar-refractivity contribution is -0.130. The third-order valence-corrected chi connectivity index (χ3v) is 3.27. The lowest BCUT2D eigenvalue weighted by Gasteiger charge is -2.21. The van der Waals surface area contributed by atoms with Crippen molar-refractivity contribution in [2.45, 2.75) is 32.7 Å². The molecular formula is C15H20N2O. The fraction of sp³-hybridized carbons (Fsp3) is 0.467. The predicted octanol–water partition coefficient (Wildman–Crippen LogP) is 2.71. The number of amidine groups is 1. The lowest BCUT2D eigenvalue weighted by atomic mass is 9.91. The number of likely N-dealkylation sites (N-methyl/N-ethyl adjacent to an activating group) is 1. The number of benzene rings is 1. The molecular weight excluding hydrogens is 224 g/mol. The molecule has 0 aliphatic carbocycles. The summed E-state index contributed by atoms with van der Waals surface area (Å²) in [5, 5.41) is 0. The zero-order valence-electron chi connectivity index (χ0n) is 11.5. The Kier molecular flexibility index (Phi) is 3.24. The zero-order valence-corrected chi connectivity index (χ0v) is 11.5. The zero-order chi connectivity index (χ0) is 13.3. The number of carbonyl (C=O) groups excluding carboxylic acids is 1. The summed E-state index contributed by atoms with van der Waals surface area (Å²) in [4.78, 5) is 18.7. The van der Waals surface area contributed by atoms with Crippen molar-refractivity contribution in [1.82, 2.24) is 4.90 Å². The van der Waals surface area contributed by atoms with Gasteiger partial charge >= 0.3 is 0 Å². The van der Waals surface area contributed by atoms with Gasteiger partial charge in [0, 0.05) is 12.6 Å². The Labute approximate surface area is 109 Å². The third kappa shape index (κ3) is 2.17. The van der Waals surface area contributed by atoms with E-state index < -0.39 is 5.54 Å². The molecule has 1 aromatic rings. The molecule has 1 amide bonds. The van der Waals surface area contributed by atoms with Crippen LogP contribution in [-0.2, 0) is 4.79 Å². The van der Waals surface area contributed by atoms with Crippen LogP contribution in [0.25, 0.3) is 0 Å². The molecule has 0 saturated heterocycles. The topological polar surface area (TPSA) is 32.7 Å². The van der Waals surface area contributed by atoms with Crippen molar-refractivity contribution >= 4 is 11.7 Å². The van der Waals surface area contributed by atoms with E-state index in [0.29, 0.717) is 5.92 Å². The van der Waals surface area contributed by atoms with Crippen molar-refractivity contribution in [3.05, 3.63) is 35.9 Å². The van der Waals surface area contributed by atoms with Crippen LogP contribution in [0.1, 0.15) is 32.8 Å². The Balaban J connectivity index is 2.38. The summed E-state index contributed by atoms with van der Waals surface area (Å²) in [6.07, 6.45) is 0.784. The Hall–Kier alpha value is -1.64. The average Bonchev–Trinajstić information content (AvgIpc) is 2.54. The number of rotatable bonds is 3. The van der Waals surface area contributed by atoms with Crippen LogP contribution in [0.4, 0.5) is 0 Å². The number of carbonyl (C=O) groups is 1. The highest BCUT2D eigenvalue weighted by Gasteiger charge is 2.43. The highest BCUT2D eigenvalue weighted by atomic mass is 16.2. The minimum atomic E-state index is -0.603. The lowest BCUT2D eigenvalue weighted by Crippen LogP contribution is -2.39. The maximum absolute atomic E-state index is 12.4. The van der Waals surface area contributed by atoms with E-state index >= 15 is 0 Å². The van der Waals surface area contributed by atoms with Crippen LogP contribution in [0.5, 0.6) is 0 Å². The molecule has 1 aromatic carbocycles. The smallest absolute Gasteiger partial charge is 0.255 e. The average molecular weight is 244 g/mol. The van der Waals surface area contributed by atoms with Gasteiger partial charge in [-0.15, -0.1) is 0 Å². The summed E-state index contributed by atoms with van der Waals surface area (Å²) in [6.45, 7) is 6.17. The van der Waals surface area contributed by atoms with Crippen LogP contribution in [0.15, 0.2) is 35.3 Å². The first-order chi connectivity index (χ1) is 8.44. The molecule has 1 aliphatic heterocycles. The van der Waals surface area contributed by atoms with Crippen molar-refractivity contribution in [2.75, 3.05) is 7.05 Å². The van der Waals surface area contributed by atoms with Gasteiger partial charge < -0.3 is 0 Å². The van der Waals surface area contributed by atoms with E-state index in [9.17, 15) is 4.79 Å². The predicted molar refractivity (Wildman–Crippen MR) is 73.6 cm³/mol. The second-order valence-electron chi connectivity index (χ2n) is 5.54. The van der Waals surface area contributed by atoms with Gasteiger partial charge in [0.25, 0.3) is 5.91 Å². The first kappa shape index (κ1) is 12.8. The number of hydrogen-bond donors (Lipinski definition) is 0. The van der Waals surface area contributed by atoms with Crippen molar-refractivity contribution in [2.24, 2.45) is 10.9 Å². The van der Waals surface area contributed by atoms with Gasteiger partial charge in [-0.05, 0) is 19.3 Å². The molecule has 2 rings (SSSR count). The van der Waals surface area contributed by atoms with Gasteiger partial charge in [0.1, 0.15) is 11.4 Å². The fourth-order valence-corrected chi connectivity index (χ4v) is 2.59. The second kappa shape index (κ2) is 4.56. The van der Waals surface area contributed by atoms with E-state index in [1.165, 1.54) is 0 Å². The monoisotopic (exact) mass is 244 g/mol. The molecule has 0 fully saturated rings. The molecule has 1 heterocycles. The van der Waals surface area contributed by atoms with Crippen LogP contribution in [0.3, 0.4) is 0 Å². The molecule has 1 atom stereocenters. The van der Waals surface area contributed by atoms with Gasteiger partial charge in [-0.2, -0.15) is 0 Å². The number of amides is 1. The summed E-state index contributed by atoms with van der Waals surface area (Å²) < 4.78 is 0. The molecule has 0 bridgehead atoms. The van der Waals surface area contributed by atoms with Crippen LogP contribution in [0, 0.1) is 5.92 Å². The maximum atomic E-state index is 12.4. The standard InChI is InChI=1S/C15H20N2O/c1-11(2)10-15(3)14(18)17(4)13(16-15)12-8-6-5-7-9-12/h5-9,11H,10H2,1-4H3/t15-/m1/s1. The molecule has 0 unspecified atom stereocenters. The van der Waals surface area contributed by atoms with Crippen molar-refractivity contribution in [1.29, 1.82) is 0 Å². The number of hydrogen-bond acceptors (Lipinski definition) is 2. The van der Waals surface area contributed by atoms with Gasteiger partial charge in [0.05, 0.1) is 0 Å². The Morgan fingerprint density at radius 1 is 1.28 bits per heavy atom. The fourth-order valence-electron chi connectivity index (χ4n) is 2.59. The largest absolute Gasteiger partial charge is 0.298 e. The highest BCUT2D eigenvalue weighted by Crippen LogP contribution is 2.30. The van der Waals surface area contributed by atoms with E-state index in [1.807, 2.05) is 37.3 Å². The van der Waals surface area contributed by atoms with Gasteiger partial charge in [0.2, 0.25) is 0 Å². The van der Waals surface area contributed by atoms with Gasteiger partial charge in [-0.1, -0.05) is 44.2 Å². The summed E-state index contributed by atoms with van der Waals surface area (Å²) in [5.41, 5.74) is 0.398. The second-order valence-corrected chi connectivity index (χ2v) is 5.54. The molecule has 0 saturated carbocycles. The molecule has 0 spiro atoms. The minimum absolute atomic E-state index is 0.0926. The quantitative estimate of drug-likeness (QED) is 0.804. The summed E-state index contributed by atoms with van der Waals surface area (Å²) >= 11 is 0. The molecule has 18 heavy (non-hydrogen) atoms. The number of nitrogens with zero attached hydrogens (tertiary/aromatic N) is 2. The minimum Gasteiger partial charge on any atom is -0.298 e. The first-order valence-electron chi connectivity index (χ1n) is 6.37. The van der Waals surface area contributed by atoms with Crippen LogP contribution < -0.4 is 0 Å². The van der Waals surface area contributed by atoms with E-state index in [1.54, 1.807) is 11.9 Å². The van der Waals surface area contributed by atoms with E-state index in [-0.39, 0.29) is 5.91 Å². The molecule has 96 valence electrons. The Morgan fingerprint density at radius 3 is 2.44 bits per heavy atom. The van der Waals surface area contributed by atoms with Crippen LogP contribution >= 0.6 is 0 Å². The third-order valence-electron chi connectivity index (χ3n) is 3.27. The van der Waals surface area contributed by atoms with Crippen molar-refractivity contribution in [3.8, 4) is 0 Å². The summed E-state index contributed by atoms with van der Waals surface area (Å²) in [6, 6.07) is 9.88.